The fourth-order valence-corrected chi connectivity index (χ4v) is 4.21. The first kappa shape index (κ1) is 19.6. The number of ether oxygens (including phenoxy) is 1. The number of rotatable bonds is 5. The number of benzene rings is 2. The van der Waals surface area contributed by atoms with Gasteiger partial charge < -0.3 is 9.15 Å². The summed E-state index contributed by atoms with van der Waals surface area (Å²) in [6.07, 6.45) is 1.57. The van der Waals surface area contributed by atoms with Crippen LogP contribution in [0.4, 0.5) is 5.69 Å². The number of furan rings is 1. The third-order valence-electron chi connectivity index (χ3n) is 4.80. The maximum absolute atomic E-state index is 12.8. The summed E-state index contributed by atoms with van der Waals surface area (Å²) in [5.41, 5.74) is 0.669. The lowest BCUT2D eigenvalue weighted by molar-refractivity contribution is -0.384. The summed E-state index contributed by atoms with van der Waals surface area (Å²) < 4.78 is 12.7. The van der Waals surface area contributed by atoms with Gasteiger partial charge in [-0.15, -0.1) is 5.10 Å². The standard InChI is InChI=1S/C22H14N4O5S/c1-30-17-9-5-3-7-15(17)20-23-22-25(24-20)21(27)19(32-22)12-13-10-11-18(31-13)14-6-2-4-8-16(14)26(28)29/h2-12H,1H3. The summed E-state index contributed by atoms with van der Waals surface area (Å²) in [5, 5.41) is 15.6. The van der Waals surface area contributed by atoms with E-state index in [4.69, 9.17) is 9.15 Å². The highest BCUT2D eigenvalue weighted by Crippen LogP contribution is 2.31. The second-order valence-corrected chi connectivity index (χ2v) is 7.73. The predicted molar refractivity (Wildman–Crippen MR) is 119 cm³/mol. The molecule has 0 fully saturated rings. The number of thiazole rings is 1. The van der Waals surface area contributed by atoms with Crippen LogP contribution < -0.4 is 14.8 Å². The zero-order valence-corrected chi connectivity index (χ0v) is 17.4. The van der Waals surface area contributed by atoms with E-state index >= 15 is 0 Å². The number of nitrogens with zero attached hydrogens (tertiary/aromatic N) is 4. The van der Waals surface area contributed by atoms with E-state index in [1.54, 1.807) is 49.6 Å². The third kappa shape index (κ3) is 3.32. The molecule has 3 aromatic heterocycles. The Kier molecular flexibility index (Phi) is 4.75. The number of fused-ring (bicyclic) bond motifs is 1. The van der Waals surface area contributed by atoms with Gasteiger partial charge in [0.05, 0.1) is 23.2 Å². The minimum Gasteiger partial charge on any atom is -0.496 e. The molecule has 10 heteroatoms. The van der Waals surface area contributed by atoms with E-state index < -0.39 is 4.92 Å². The van der Waals surface area contributed by atoms with Crippen LogP contribution in [0, 0.1) is 10.1 Å². The highest BCUT2D eigenvalue weighted by molar-refractivity contribution is 7.15. The van der Waals surface area contributed by atoms with Crippen LogP contribution in [0.5, 0.6) is 5.75 Å². The average Bonchev–Trinajstić information content (AvgIpc) is 3.51. The van der Waals surface area contributed by atoms with Gasteiger partial charge >= 0.3 is 0 Å². The summed E-state index contributed by atoms with van der Waals surface area (Å²) in [4.78, 5) is 28.5. The predicted octanol–water partition coefficient (Wildman–Crippen LogP) is 3.54. The van der Waals surface area contributed by atoms with E-state index in [-0.39, 0.29) is 11.2 Å². The van der Waals surface area contributed by atoms with Crippen LogP contribution in [0.2, 0.25) is 0 Å². The lowest BCUT2D eigenvalue weighted by atomic mass is 10.1. The first-order valence-electron chi connectivity index (χ1n) is 9.43. The quantitative estimate of drug-likeness (QED) is 0.300. The Labute approximate surface area is 184 Å². The molecule has 0 aliphatic rings. The molecule has 0 N–H and O–H groups in total. The van der Waals surface area contributed by atoms with Crippen LogP contribution in [0.15, 0.2) is 69.9 Å². The molecule has 9 nitrogen and oxygen atoms in total. The molecule has 3 heterocycles. The van der Waals surface area contributed by atoms with E-state index in [9.17, 15) is 14.9 Å². The smallest absolute Gasteiger partial charge is 0.291 e. The van der Waals surface area contributed by atoms with Gasteiger partial charge in [0, 0.05) is 12.1 Å². The molecular weight excluding hydrogens is 432 g/mol. The lowest BCUT2D eigenvalue weighted by Gasteiger charge is -2.03. The van der Waals surface area contributed by atoms with Gasteiger partial charge in [-0.25, -0.2) is 0 Å². The average molecular weight is 446 g/mol. The van der Waals surface area contributed by atoms with Crippen LogP contribution in [-0.2, 0) is 0 Å². The highest BCUT2D eigenvalue weighted by atomic mass is 32.1. The van der Waals surface area contributed by atoms with Gasteiger partial charge in [-0.1, -0.05) is 35.6 Å². The van der Waals surface area contributed by atoms with Gasteiger partial charge in [0.1, 0.15) is 21.8 Å². The fraction of sp³-hybridized carbons (Fsp3) is 0.0455. The molecule has 158 valence electrons. The normalized spacial score (nSPS) is 11.8. The molecule has 0 bridgehead atoms. The molecule has 0 saturated heterocycles. The van der Waals surface area contributed by atoms with Crippen LogP contribution in [0.1, 0.15) is 5.76 Å². The molecule has 0 aliphatic carbocycles. The molecule has 0 unspecified atom stereocenters. The summed E-state index contributed by atoms with van der Waals surface area (Å²) in [6, 6.07) is 16.9. The molecule has 32 heavy (non-hydrogen) atoms. The minimum atomic E-state index is -0.462. The second kappa shape index (κ2) is 7.75. The van der Waals surface area contributed by atoms with Gasteiger partial charge in [0.2, 0.25) is 4.96 Å². The Morgan fingerprint density at radius 3 is 2.59 bits per heavy atom. The number of nitro groups is 1. The van der Waals surface area contributed by atoms with E-state index in [0.29, 0.717) is 43.7 Å². The Morgan fingerprint density at radius 1 is 1.09 bits per heavy atom. The topological polar surface area (TPSA) is 113 Å². The number of aromatic nitrogens is 3. The molecule has 0 spiro atoms. The molecule has 0 radical (unpaired) electrons. The zero-order valence-electron chi connectivity index (χ0n) is 16.6. The van der Waals surface area contributed by atoms with Gasteiger partial charge in [-0.3, -0.25) is 14.9 Å². The number of nitro benzene ring substituents is 1. The first-order valence-corrected chi connectivity index (χ1v) is 10.2. The fourth-order valence-electron chi connectivity index (χ4n) is 3.32. The van der Waals surface area contributed by atoms with Crippen molar-refractivity contribution in [2.75, 3.05) is 7.11 Å². The summed E-state index contributed by atoms with van der Waals surface area (Å²) >= 11 is 1.17. The van der Waals surface area contributed by atoms with Crippen molar-refractivity contribution in [3.05, 3.63) is 91.4 Å². The second-order valence-electron chi connectivity index (χ2n) is 6.72. The molecule has 2 aromatic carbocycles. The van der Waals surface area contributed by atoms with Crippen molar-refractivity contribution in [3.8, 4) is 28.5 Å². The Morgan fingerprint density at radius 2 is 1.84 bits per heavy atom. The first-order chi connectivity index (χ1) is 15.5. The van der Waals surface area contributed by atoms with Crippen LogP contribution in [0.25, 0.3) is 33.7 Å². The summed E-state index contributed by atoms with van der Waals surface area (Å²) in [7, 11) is 1.56. The zero-order chi connectivity index (χ0) is 22.2. The molecule has 0 amide bonds. The molecular formula is C22H14N4O5S. The lowest BCUT2D eigenvalue weighted by Crippen LogP contribution is -2.23. The molecule has 5 aromatic rings. The van der Waals surface area contributed by atoms with E-state index in [1.807, 2.05) is 18.2 Å². The highest BCUT2D eigenvalue weighted by Gasteiger charge is 2.18. The van der Waals surface area contributed by atoms with E-state index in [0.717, 1.165) is 0 Å². The van der Waals surface area contributed by atoms with Gasteiger partial charge in [-0.2, -0.15) is 9.50 Å². The van der Waals surface area contributed by atoms with Gasteiger partial charge in [0.15, 0.2) is 5.82 Å². The van der Waals surface area contributed by atoms with Crippen molar-refractivity contribution in [3.63, 3.8) is 0 Å². The van der Waals surface area contributed by atoms with E-state index in [1.165, 1.54) is 21.9 Å². The number of hydrogen-bond acceptors (Lipinski definition) is 8. The number of methoxy groups -OCH3 is 1. The SMILES string of the molecule is COc1ccccc1-c1nc2sc(=Cc3ccc(-c4ccccc4[N+](=O)[O-])o3)c(=O)n2n1. The van der Waals surface area contributed by atoms with E-state index in [2.05, 4.69) is 10.1 Å². The molecule has 0 aliphatic heterocycles. The van der Waals surface area contributed by atoms with Crippen LogP contribution >= 0.6 is 11.3 Å². The van der Waals surface area contributed by atoms with Crippen molar-refractivity contribution in [1.29, 1.82) is 0 Å². The Balaban J connectivity index is 1.53. The monoisotopic (exact) mass is 446 g/mol. The maximum Gasteiger partial charge on any atom is 0.291 e. The Hall–Kier alpha value is -4.31. The minimum absolute atomic E-state index is 0.0550. The Bertz CT molecular complexity index is 1580. The van der Waals surface area contributed by atoms with Crippen molar-refractivity contribution < 1.29 is 14.1 Å². The molecule has 5 rings (SSSR count). The van der Waals surface area contributed by atoms with Crippen LogP contribution in [0.3, 0.4) is 0 Å². The third-order valence-corrected chi connectivity index (χ3v) is 5.76. The van der Waals surface area contributed by atoms with Crippen molar-refractivity contribution in [2.24, 2.45) is 0 Å². The van der Waals surface area contributed by atoms with Crippen molar-refractivity contribution in [2.45, 2.75) is 0 Å². The molecule has 0 saturated carbocycles. The summed E-state index contributed by atoms with van der Waals surface area (Å²) in [6.45, 7) is 0. The van der Waals surface area contributed by atoms with Crippen molar-refractivity contribution in [1.82, 2.24) is 14.6 Å². The van der Waals surface area contributed by atoms with Gasteiger partial charge in [-0.05, 0) is 30.3 Å². The van der Waals surface area contributed by atoms with Crippen molar-refractivity contribution >= 4 is 28.1 Å². The largest absolute Gasteiger partial charge is 0.496 e. The maximum atomic E-state index is 12.8. The number of para-hydroxylation sites is 2. The van der Waals surface area contributed by atoms with Crippen LogP contribution in [-0.4, -0.2) is 26.6 Å². The van der Waals surface area contributed by atoms with Gasteiger partial charge in [0.25, 0.3) is 11.2 Å². The molecule has 0 atom stereocenters. The summed E-state index contributed by atoms with van der Waals surface area (Å²) in [5.74, 6) is 1.75. The number of hydrogen-bond donors (Lipinski definition) is 0.